The fraction of sp³-hybridized carbons (Fsp3) is 0.875. The van der Waals surface area contributed by atoms with Crippen molar-refractivity contribution in [1.29, 1.82) is 5.26 Å². The van der Waals surface area contributed by atoms with Crippen LogP contribution >= 0.6 is 11.8 Å². The van der Waals surface area contributed by atoms with E-state index in [4.69, 9.17) is 5.26 Å². The number of nitriles is 1. The average Bonchev–Trinajstić information content (AvgIpc) is 2.05. The molecule has 11 heavy (non-hydrogen) atoms. The molecule has 0 aromatic heterocycles. The quantitative estimate of drug-likeness (QED) is 0.619. The molecule has 2 nitrogen and oxygen atoms in total. The Hall–Kier alpha value is -0.200. The molecule has 1 N–H and O–H groups in total. The molecule has 0 aliphatic rings. The molecule has 3 heteroatoms. The van der Waals surface area contributed by atoms with Gasteiger partial charge in [0.25, 0.3) is 0 Å². The summed E-state index contributed by atoms with van der Waals surface area (Å²) in [5.41, 5.74) is 0. The van der Waals surface area contributed by atoms with E-state index >= 15 is 0 Å². The molecule has 0 spiro atoms. The molecule has 0 aromatic carbocycles. The lowest BCUT2D eigenvalue weighted by Gasteiger charge is -2.05. The molecule has 64 valence electrons. The molecule has 0 aromatic rings. The van der Waals surface area contributed by atoms with Gasteiger partial charge in [0.05, 0.1) is 6.07 Å². The molecule has 0 saturated carbocycles. The second kappa shape index (κ2) is 7.90. The highest BCUT2D eigenvalue weighted by molar-refractivity contribution is 7.99. The number of nitrogens with zero attached hydrogens (tertiary/aromatic N) is 1. The minimum Gasteiger partial charge on any atom is -0.304 e. The number of hydrogen-bond donors (Lipinski definition) is 1. The second-order valence-corrected chi connectivity index (χ2v) is 3.55. The van der Waals surface area contributed by atoms with E-state index in [1.807, 2.05) is 18.8 Å². The lowest BCUT2D eigenvalue weighted by molar-refractivity contribution is 0.749. The highest BCUT2D eigenvalue weighted by atomic mass is 32.2. The fourth-order valence-electron chi connectivity index (χ4n) is 0.633. The Balaban J connectivity index is 3.16. The maximum atomic E-state index is 8.56. The van der Waals surface area contributed by atoms with Crippen molar-refractivity contribution in [3.63, 3.8) is 0 Å². The highest BCUT2D eigenvalue weighted by Gasteiger charge is 2.01. The van der Waals surface area contributed by atoms with Crippen LogP contribution in [0.25, 0.3) is 0 Å². The topological polar surface area (TPSA) is 35.8 Å². The first-order valence-electron chi connectivity index (χ1n) is 3.99. The summed E-state index contributed by atoms with van der Waals surface area (Å²) >= 11 is 1.85. The van der Waals surface area contributed by atoms with Gasteiger partial charge in [-0.05, 0) is 19.2 Å². The van der Waals surface area contributed by atoms with Crippen molar-refractivity contribution in [1.82, 2.24) is 5.32 Å². The zero-order valence-corrected chi connectivity index (χ0v) is 8.08. The van der Waals surface area contributed by atoms with Crippen LogP contribution < -0.4 is 5.32 Å². The predicted octanol–water partition coefficient (Wildman–Crippen LogP) is 1.63. The summed E-state index contributed by atoms with van der Waals surface area (Å²) in [6.45, 7) is 2.18. The first-order valence-corrected chi connectivity index (χ1v) is 5.15. The van der Waals surface area contributed by atoms with Crippen molar-refractivity contribution in [3.8, 4) is 6.07 Å². The van der Waals surface area contributed by atoms with E-state index in [1.165, 1.54) is 18.6 Å². The molecule has 0 rings (SSSR count). The second-order valence-electron chi connectivity index (χ2n) is 2.40. The van der Waals surface area contributed by atoms with Gasteiger partial charge in [0.1, 0.15) is 6.04 Å². The van der Waals surface area contributed by atoms with Crippen molar-refractivity contribution in [2.24, 2.45) is 0 Å². The predicted molar refractivity (Wildman–Crippen MR) is 50.7 cm³/mol. The van der Waals surface area contributed by atoms with Crippen LogP contribution in [0.15, 0.2) is 0 Å². The lowest BCUT2D eigenvalue weighted by atomic mass is 10.4. The van der Waals surface area contributed by atoms with Crippen LogP contribution in [0.4, 0.5) is 0 Å². The average molecular weight is 172 g/mol. The van der Waals surface area contributed by atoms with Gasteiger partial charge in [-0.15, -0.1) is 0 Å². The molecule has 0 fully saturated rings. The normalized spacial score (nSPS) is 12.5. The Morgan fingerprint density at radius 1 is 1.64 bits per heavy atom. The van der Waals surface area contributed by atoms with E-state index < -0.39 is 0 Å². The summed E-state index contributed by atoms with van der Waals surface area (Å²) in [7, 11) is 1.83. The van der Waals surface area contributed by atoms with Gasteiger partial charge in [0.2, 0.25) is 0 Å². The van der Waals surface area contributed by atoms with Crippen LogP contribution in [0, 0.1) is 11.3 Å². The molecule has 0 aliphatic carbocycles. The monoisotopic (exact) mass is 172 g/mol. The van der Waals surface area contributed by atoms with E-state index in [2.05, 4.69) is 18.3 Å². The molecular weight excluding hydrogens is 156 g/mol. The minimum atomic E-state index is 0.0249. The van der Waals surface area contributed by atoms with Gasteiger partial charge in [-0.3, -0.25) is 0 Å². The summed E-state index contributed by atoms with van der Waals surface area (Å²) in [5, 5.41) is 11.5. The number of unbranched alkanes of at least 4 members (excludes halogenated alkanes) is 1. The fourth-order valence-corrected chi connectivity index (χ4v) is 1.77. The van der Waals surface area contributed by atoms with Crippen LogP contribution in [0.2, 0.25) is 0 Å². The third kappa shape index (κ3) is 6.21. The Labute approximate surface area is 73.4 Å². The van der Waals surface area contributed by atoms with Gasteiger partial charge in [-0.2, -0.15) is 17.0 Å². The van der Waals surface area contributed by atoms with Gasteiger partial charge in [-0.1, -0.05) is 13.3 Å². The summed E-state index contributed by atoms with van der Waals surface area (Å²) in [5.74, 6) is 2.09. The smallest absolute Gasteiger partial charge is 0.104 e. The summed E-state index contributed by atoms with van der Waals surface area (Å²) in [4.78, 5) is 0. The number of rotatable bonds is 6. The summed E-state index contributed by atoms with van der Waals surface area (Å²) in [6, 6.07) is 2.22. The standard InChI is InChI=1S/C8H16N2S/c1-3-4-5-11-7-8(6-9)10-2/h8,10H,3-5,7H2,1-2H3. The number of thioether (sulfide) groups is 1. The van der Waals surface area contributed by atoms with E-state index in [0.717, 1.165) is 5.75 Å². The van der Waals surface area contributed by atoms with Crippen molar-refractivity contribution >= 4 is 11.8 Å². The largest absolute Gasteiger partial charge is 0.304 e. The van der Waals surface area contributed by atoms with Crippen LogP contribution in [-0.4, -0.2) is 24.6 Å². The first-order chi connectivity index (χ1) is 5.35. The highest BCUT2D eigenvalue weighted by Crippen LogP contribution is 2.05. The lowest BCUT2D eigenvalue weighted by Crippen LogP contribution is -2.25. The molecule has 0 saturated heterocycles. The van der Waals surface area contributed by atoms with Gasteiger partial charge >= 0.3 is 0 Å². The van der Waals surface area contributed by atoms with Crippen LogP contribution in [0.5, 0.6) is 0 Å². The zero-order chi connectivity index (χ0) is 8.53. The Bertz CT molecular complexity index is 120. The van der Waals surface area contributed by atoms with Crippen LogP contribution in [0.3, 0.4) is 0 Å². The molecule has 0 bridgehead atoms. The number of hydrogen-bond acceptors (Lipinski definition) is 3. The molecule has 0 heterocycles. The Morgan fingerprint density at radius 2 is 2.36 bits per heavy atom. The molecule has 1 atom stereocenters. The van der Waals surface area contributed by atoms with Crippen molar-refractivity contribution in [3.05, 3.63) is 0 Å². The maximum absolute atomic E-state index is 8.56. The van der Waals surface area contributed by atoms with Gasteiger partial charge in [-0.25, -0.2) is 0 Å². The SMILES string of the molecule is CCCCSCC(C#N)NC. The van der Waals surface area contributed by atoms with Gasteiger partial charge in [0, 0.05) is 5.75 Å². The van der Waals surface area contributed by atoms with E-state index in [0.29, 0.717) is 0 Å². The third-order valence-corrected chi connectivity index (χ3v) is 2.58. The van der Waals surface area contributed by atoms with Crippen molar-refractivity contribution in [2.75, 3.05) is 18.6 Å². The minimum absolute atomic E-state index is 0.0249. The molecule has 0 aliphatic heterocycles. The maximum Gasteiger partial charge on any atom is 0.104 e. The molecular formula is C8H16N2S. The number of nitrogens with one attached hydrogen (secondary N) is 1. The van der Waals surface area contributed by atoms with E-state index in [9.17, 15) is 0 Å². The van der Waals surface area contributed by atoms with Crippen LogP contribution in [-0.2, 0) is 0 Å². The van der Waals surface area contributed by atoms with Crippen molar-refractivity contribution in [2.45, 2.75) is 25.8 Å². The Kier molecular flexibility index (Phi) is 7.76. The van der Waals surface area contributed by atoms with Gasteiger partial charge < -0.3 is 5.32 Å². The summed E-state index contributed by atoms with van der Waals surface area (Å²) < 4.78 is 0. The van der Waals surface area contributed by atoms with Crippen molar-refractivity contribution < 1.29 is 0 Å². The van der Waals surface area contributed by atoms with Crippen LogP contribution in [0.1, 0.15) is 19.8 Å². The Morgan fingerprint density at radius 3 is 2.82 bits per heavy atom. The van der Waals surface area contributed by atoms with Gasteiger partial charge in [0.15, 0.2) is 0 Å². The molecule has 0 amide bonds. The van der Waals surface area contributed by atoms with E-state index in [-0.39, 0.29) is 6.04 Å². The molecule has 1 unspecified atom stereocenters. The summed E-state index contributed by atoms with van der Waals surface area (Å²) in [6.07, 6.45) is 2.50. The van der Waals surface area contributed by atoms with E-state index in [1.54, 1.807) is 0 Å². The first kappa shape index (κ1) is 10.8. The molecule has 0 radical (unpaired) electrons. The third-order valence-electron chi connectivity index (χ3n) is 1.43. The zero-order valence-electron chi connectivity index (χ0n) is 7.26.